The number of carbonyl (C=O) groups excluding carboxylic acids is 1. The number of rotatable bonds is 7. The molecule has 1 atom stereocenters. The van der Waals surface area contributed by atoms with Gasteiger partial charge in [-0.15, -0.1) is 11.8 Å². The van der Waals surface area contributed by atoms with E-state index in [-0.39, 0.29) is 17.6 Å². The highest BCUT2D eigenvalue weighted by Gasteiger charge is 2.19. The molecule has 1 aromatic carbocycles. The van der Waals surface area contributed by atoms with E-state index in [9.17, 15) is 9.59 Å². The average molecular weight is 350 g/mol. The van der Waals surface area contributed by atoms with E-state index < -0.39 is 5.97 Å². The van der Waals surface area contributed by atoms with Gasteiger partial charge in [-0.1, -0.05) is 23.2 Å². The van der Waals surface area contributed by atoms with Crippen LogP contribution in [0, 0.1) is 0 Å². The molecule has 0 aromatic heterocycles. The van der Waals surface area contributed by atoms with Gasteiger partial charge in [0.05, 0.1) is 10.3 Å². The number of hydrogen-bond acceptors (Lipinski definition) is 3. The lowest BCUT2D eigenvalue weighted by molar-refractivity contribution is -0.137. The number of halogens is 2. The summed E-state index contributed by atoms with van der Waals surface area (Å²) in [4.78, 5) is 25.0. The van der Waals surface area contributed by atoms with Crippen molar-refractivity contribution in [2.24, 2.45) is 0 Å². The van der Waals surface area contributed by atoms with Gasteiger partial charge in [-0.05, 0) is 31.5 Å². The Bertz CT molecular complexity index is 525. The van der Waals surface area contributed by atoms with Crippen molar-refractivity contribution in [3.63, 3.8) is 0 Å². The molecule has 0 heterocycles. The largest absolute Gasteiger partial charge is 0.481 e. The number of aliphatic carboxylic acids is 1. The zero-order valence-electron chi connectivity index (χ0n) is 11.8. The third kappa shape index (κ3) is 6.16. The van der Waals surface area contributed by atoms with E-state index in [4.69, 9.17) is 28.3 Å². The Kier molecular flexibility index (Phi) is 7.35. The first-order valence-corrected chi connectivity index (χ1v) is 8.03. The second-order valence-electron chi connectivity index (χ2n) is 4.59. The molecule has 0 aliphatic carbocycles. The summed E-state index contributed by atoms with van der Waals surface area (Å²) in [6.45, 7) is 2.21. The number of carbonyl (C=O) groups is 2. The molecule has 116 valence electrons. The van der Waals surface area contributed by atoms with Crippen LogP contribution in [0.2, 0.25) is 10.0 Å². The SMILES string of the molecule is CC(Sc1cc(Cl)ccc1Cl)C(=O)N(C)CCCC(=O)O. The Morgan fingerprint density at radius 1 is 1.38 bits per heavy atom. The fraction of sp³-hybridized carbons (Fsp3) is 0.429. The van der Waals surface area contributed by atoms with Crippen molar-refractivity contribution in [2.45, 2.75) is 29.9 Å². The Hall–Kier alpha value is -0.910. The summed E-state index contributed by atoms with van der Waals surface area (Å²) in [5.41, 5.74) is 0. The van der Waals surface area contributed by atoms with Gasteiger partial charge in [0.1, 0.15) is 0 Å². The summed E-state index contributed by atoms with van der Waals surface area (Å²) in [6.07, 6.45) is 0.492. The predicted molar refractivity (Wildman–Crippen MR) is 86.3 cm³/mol. The fourth-order valence-electron chi connectivity index (χ4n) is 1.70. The molecule has 1 amide bonds. The van der Waals surface area contributed by atoms with Crippen molar-refractivity contribution in [1.29, 1.82) is 0 Å². The molecule has 1 unspecified atom stereocenters. The molecule has 4 nitrogen and oxygen atoms in total. The molecule has 0 bridgehead atoms. The van der Waals surface area contributed by atoms with Gasteiger partial charge < -0.3 is 10.0 Å². The van der Waals surface area contributed by atoms with E-state index >= 15 is 0 Å². The molecule has 0 aliphatic rings. The number of carboxylic acid groups (broad SMARTS) is 1. The van der Waals surface area contributed by atoms with Gasteiger partial charge in [-0.2, -0.15) is 0 Å². The topological polar surface area (TPSA) is 57.6 Å². The van der Waals surface area contributed by atoms with Crippen molar-refractivity contribution in [3.8, 4) is 0 Å². The Labute approximate surface area is 138 Å². The molecule has 1 rings (SSSR count). The molecule has 21 heavy (non-hydrogen) atoms. The number of hydrogen-bond donors (Lipinski definition) is 1. The first-order chi connectivity index (χ1) is 9.81. The number of thioether (sulfide) groups is 1. The minimum absolute atomic E-state index is 0.0548. The zero-order chi connectivity index (χ0) is 16.0. The average Bonchev–Trinajstić information content (AvgIpc) is 2.41. The maximum absolute atomic E-state index is 12.2. The van der Waals surface area contributed by atoms with Crippen LogP contribution in [0.3, 0.4) is 0 Å². The third-order valence-corrected chi connectivity index (χ3v) is 4.63. The fourth-order valence-corrected chi connectivity index (χ4v) is 3.22. The van der Waals surface area contributed by atoms with Gasteiger partial charge in [-0.25, -0.2) is 0 Å². The summed E-state index contributed by atoms with van der Waals surface area (Å²) < 4.78 is 0. The van der Waals surface area contributed by atoms with Crippen molar-refractivity contribution >= 4 is 46.8 Å². The number of amides is 1. The van der Waals surface area contributed by atoms with E-state index in [0.717, 1.165) is 4.90 Å². The highest BCUT2D eigenvalue weighted by atomic mass is 35.5. The predicted octanol–water partition coefficient (Wildman–Crippen LogP) is 3.80. The van der Waals surface area contributed by atoms with Crippen LogP contribution >= 0.6 is 35.0 Å². The third-order valence-electron chi connectivity index (χ3n) is 2.81. The van der Waals surface area contributed by atoms with Gasteiger partial charge in [-0.3, -0.25) is 9.59 Å². The second kappa shape index (κ2) is 8.51. The summed E-state index contributed by atoms with van der Waals surface area (Å²) in [6, 6.07) is 5.11. The van der Waals surface area contributed by atoms with E-state index in [0.29, 0.717) is 23.0 Å². The monoisotopic (exact) mass is 349 g/mol. The highest BCUT2D eigenvalue weighted by Crippen LogP contribution is 2.33. The maximum Gasteiger partial charge on any atom is 0.303 e. The number of carboxylic acids is 1. The normalized spacial score (nSPS) is 12.0. The van der Waals surface area contributed by atoms with Crippen LogP contribution in [0.4, 0.5) is 0 Å². The number of benzene rings is 1. The first kappa shape index (κ1) is 18.1. The van der Waals surface area contributed by atoms with Gasteiger partial charge in [0.25, 0.3) is 0 Å². The van der Waals surface area contributed by atoms with Crippen LogP contribution in [0.1, 0.15) is 19.8 Å². The summed E-state index contributed by atoms with van der Waals surface area (Å²) in [5, 5.41) is 9.39. The first-order valence-electron chi connectivity index (χ1n) is 6.39. The Balaban J connectivity index is 2.57. The Morgan fingerprint density at radius 2 is 2.05 bits per heavy atom. The molecule has 0 fully saturated rings. The van der Waals surface area contributed by atoms with Crippen LogP contribution in [-0.2, 0) is 9.59 Å². The maximum atomic E-state index is 12.2. The molecule has 0 saturated heterocycles. The quantitative estimate of drug-likeness (QED) is 0.760. The van der Waals surface area contributed by atoms with Gasteiger partial charge in [0, 0.05) is 29.9 Å². The minimum atomic E-state index is -0.857. The second-order valence-corrected chi connectivity index (χ2v) is 6.82. The molecule has 1 aromatic rings. The lowest BCUT2D eigenvalue weighted by Crippen LogP contribution is -2.34. The van der Waals surface area contributed by atoms with Gasteiger partial charge >= 0.3 is 5.97 Å². The van der Waals surface area contributed by atoms with Crippen LogP contribution < -0.4 is 0 Å². The van der Waals surface area contributed by atoms with Crippen LogP contribution in [0.25, 0.3) is 0 Å². The lowest BCUT2D eigenvalue weighted by atomic mass is 10.3. The van der Waals surface area contributed by atoms with E-state index in [1.807, 2.05) is 0 Å². The summed E-state index contributed by atoms with van der Waals surface area (Å²) in [7, 11) is 1.67. The molecule has 0 spiro atoms. The van der Waals surface area contributed by atoms with Crippen LogP contribution in [-0.4, -0.2) is 40.7 Å². The Morgan fingerprint density at radius 3 is 2.67 bits per heavy atom. The van der Waals surface area contributed by atoms with Gasteiger partial charge in [0.15, 0.2) is 0 Å². The highest BCUT2D eigenvalue weighted by molar-refractivity contribution is 8.00. The van der Waals surface area contributed by atoms with E-state index in [2.05, 4.69) is 0 Å². The standard InChI is InChI=1S/C14H17Cl2NO3S/c1-9(14(20)17(2)7-3-4-13(18)19)21-12-8-10(15)5-6-11(12)16/h5-6,8-9H,3-4,7H2,1-2H3,(H,18,19). The van der Waals surface area contributed by atoms with Crippen LogP contribution in [0.5, 0.6) is 0 Å². The van der Waals surface area contributed by atoms with E-state index in [1.54, 1.807) is 37.1 Å². The zero-order valence-corrected chi connectivity index (χ0v) is 14.1. The summed E-state index contributed by atoms with van der Waals surface area (Å²) in [5.74, 6) is -0.926. The lowest BCUT2D eigenvalue weighted by Gasteiger charge is -2.21. The number of nitrogens with zero attached hydrogens (tertiary/aromatic N) is 1. The molecule has 0 radical (unpaired) electrons. The minimum Gasteiger partial charge on any atom is -0.481 e. The molecule has 0 saturated carbocycles. The molecule has 1 N–H and O–H groups in total. The van der Waals surface area contributed by atoms with Crippen molar-refractivity contribution in [2.75, 3.05) is 13.6 Å². The van der Waals surface area contributed by atoms with Gasteiger partial charge in [0.2, 0.25) is 5.91 Å². The van der Waals surface area contributed by atoms with E-state index in [1.165, 1.54) is 11.8 Å². The smallest absolute Gasteiger partial charge is 0.303 e. The molecule has 7 heteroatoms. The van der Waals surface area contributed by atoms with Crippen molar-refractivity contribution in [1.82, 2.24) is 4.90 Å². The molecular weight excluding hydrogens is 333 g/mol. The summed E-state index contributed by atoms with van der Waals surface area (Å²) >= 11 is 13.3. The molecular formula is C14H17Cl2NO3S. The van der Waals surface area contributed by atoms with Crippen molar-refractivity contribution < 1.29 is 14.7 Å². The van der Waals surface area contributed by atoms with Crippen molar-refractivity contribution in [3.05, 3.63) is 28.2 Å². The van der Waals surface area contributed by atoms with Crippen LogP contribution in [0.15, 0.2) is 23.1 Å². The molecule has 0 aliphatic heterocycles.